The van der Waals surface area contributed by atoms with Crippen molar-refractivity contribution in [2.24, 2.45) is 0 Å². The maximum absolute atomic E-state index is 11.4. The summed E-state index contributed by atoms with van der Waals surface area (Å²) in [6, 6.07) is 8.16. The summed E-state index contributed by atoms with van der Waals surface area (Å²) in [6.45, 7) is 3.78. The van der Waals surface area contributed by atoms with Crippen molar-refractivity contribution in [2.75, 3.05) is 6.26 Å². The summed E-state index contributed by atoms with van der Waals surface area (Å²) in [7, 11) is -2.98. The van der Waals surface area contributed by atoms with Crippen LogP contribution < -0.4 is 0 Å². The first-order valence-electron chi connectivity index (χ1n) is 5.19. The largest absolute Gasteiger partial charge is 0.229 e. The third kappa shape index (κ3) is 3.91. The first kappa shape index (κ1) is 13.7. The molecule has 0 spiro atoms. The molecule has 2 atom stereocenters. The van der Waals surface area contributed by atoms with Crippen LogP contribution in [0.3, 0.4) is 0 Å². The number of hydrogen-bond donors (Lipinski definition) is 0. The maximum Gasteiger partial charge on any atom is 0.151 e. The summed E-state index contributed by atoms with van der Waals surface area (Å²) in [6.07, 6.45) is 2.01. The van der Waals surface area contributed by atoms with Gasteiger partial charge in [-0.2, -0.15) is 0 Å². The van der Waals surface area contributed by atoms with E-state index in [-0.39, 0.29) is 10.1 Å². The topological polar surface area (TPSA) is 34.1 Å². The lowest BCUT2D eigenvalue weighted by Crippen LogP contribution is -2.27. The van der Waals surface area contributed by atoms with Crippen LogP contribution in [0.4, 0.5) is 0 Å². The van der Waals surface area contributed by atoms with Crippen molar-refractivity contribution in [2.45, 2.75) is 30.3 Å². The molecule has 2 unspecified atom stereocenters. The van der Waals surface area contributed by atoms with E-state index in [1.165, 1.54) is 11.8 Å². The van der Waals surface area contributed by atoms with Crippen LogP contribution >= 0.6 is 15.9 Å². The van der Waals surface area contributed by atoms with Gasteiger partial charge in [-0.15, -0.1) is 0 Å². The van der Waals surface area contributed by atoms with Crippen LogP contribution in [-0.4, -0.2) is 24.8 Å². The van der Waals surface area contributed by atoms with Gasteiger partial charge < -0.3 is 0 Å². The summed E-state index contributed by atoms with van der Waals surface area (Å²) >= 11 is 3.46. The lowest BCUT2D eigenvalue weighted by Gasteiger charge is -2.16. The number of hydrogen-bond acceptors (Lipinski definition) is 2. The Morgan fingerprint density at radius 3 is 2.19 bits per heavy atom. The summed E-state index contributed by atoms with van der Waals surface area (Å²) in [5.41, 5.74) is 2.37. The Balaban J connectivity index is 2.71. The zero-order valence-electron chi connectivity index (χ0n) is 9.77. The molecular formula is C12H17BrO2S. The highest BCUT2D eigenvalue weighted by Crippen LogP contribution is 2.18. The smallest absolute Gasteiger partial charge is 0.151 e. The van der Waals surface area contributed by atoms with Crippen LogP contribution in [0, 0.1) is 6.92 Å². The fourth-order valence-electron chi connectivity index (χ4n) is 1.38. The Labute approximate surface area is 106 Å². The van der Waals surface area contributed by atoms with Gasteiger partial charge in [0.25, 0.3) is 0 Å². The zero-order chi connectivity index (χ0) is 12.3. The number of rotatable bonds is 4. The van der Waals surface area contributed by atoms with Crippen LogP contribution in [0.1, 0.15) is 18.1 Å². The van der Waals surface area contributed by atoms with E-state index in [9.17, 15) is 8.42 Å². The van der Waals surface area contributed by atoms with Gasteiger partial charge >= 0.3 is 0 Å². The second-order valence-corrected chi connectivity index (χ2v) is 7.82. The van der Waals surface area contributed by atoms with Gasteiger partial charge in [-0.05, 0) is 25.8 Å². The molecule has 1 aromatic rings. The minimum atomic E-state index is -2.98. The highest BCUT2D eigenvalue weighted by molar-refractivity contribution is 9.09. The Hall–Kier alpha value is -0.350. The van der Waals surface area contributed by atoms with E-state index in [1.54, 1.807) is 6.92 Å². The van der Waals surface area contributed by atoms with Gasteiger partial charge in [0.1, 0.15) is 0 Å². The van der Waals surface area contributed by atoms with Crippen LogP contribution in [0.25, 0.3) is 0 Å². The molecule has 0 fully saturated rings. The molecule has 4 heteroatoms. The standard InChI is InChI=1S/C12H17BrO2S/c1-9-4-6-11(7-5-9)8-12(13)10(2)16(3,14)15/h4-7,10,12H,8H2,1-3H3. The molecule has 90 valence electrons. The van der Waals surface area contributed by atoms with Gasteiger partial charge in [0.05, 0.1) is 5.25 Å². The Bertz CT molecular complexity index is 437. The van der Waals surface area contributed by atoms with Gasteiger partial charge in [0, 0.05) is 11.1 Å². The SMILES string of the molecule is Cc1ccc(CC(Br)C(C)S(C)(=O)=O)cc1. The normalized spacial score (nSPS) is 15.8. The third-order valence-electron chi connectivity index (χ3n) is 2.74. The molecule has 0 aliphatic rings. The van der Waals surface area contributed by atoms with Crippen molar-refractivity contribution < 1.29 is 8.42 Å². The number of aryl methyl sites for hydroxylation is 1. The first-order valence-corrected chi connectivity index (χ1v) is 8.06. The van der Waals surface area contributed by atoms with Crippen molar-refractivity contribution in [3.63, 3.8) is 0 Å². The number of alkyl halides is 1. The molecule has 0 saturated carbocycles. The second-order valence-electron chi connectivity index (χ2n) is 4.24. The van der Waals surface area contributed by atoms with Crippen molar-refractivity contribution in [1.82, 2.24) is 0 Å². The van der Waals surface area contributed by atoms with Crippen LogP contribution in [-0.2, 0) is 16.3 Å². The Morgan fingerprint density at radius 1 is 1.25 bits per heavy atom. The summed E-state index contributed by atoms with van der Waals surface area (Å²) in [5, 5.41) is -0.367. The summed E-state index contributed by atoms with van der Waals surface area (Å²) in [5.74, 6) is 0. The third-order valence-corrected chi connectivity index (χ3v) is 5.88. The molecule has 1 aromatic carbocycles. The fraction of sp³-hybridized carbons (Fsp3) is 0.500. The van der Waals surface area contributed by atoms with Gasteiger partial charge in [-0.3, -0.25) is 0 Å². The van der Waals surface area contributed by atoms with E-state index in [0.29, 0.717) is 0 Å². The summed E-state index contributed by atoms with van der Waals surface area (Å²) in [4.78, 5) is -0.0368. The van der Waals surface area contributed by atoms with Crippen molar-refractivity contribution in [3.8, 4) is 0 Å². The summed E-state index contributed by atoms with van der Waals surface area (Å²) < 4.78 is 22.8. The van der Waals surface area contributed by atoms with Crippen molar-refractivity contribution >= 4 is 25.8 Å². The Kier molecular flexibility index (Phi) is 4.56. The molecule has 0 aliphatic carbocycles. The van der Waals surface area contributed by atoms with Gasteiger partial charge in [-0.25, -0.2) is 8.42 Å². The maximum atomic E-state index is 11.4. The van der Waals surface area contributed by atoms with Gasteiger partial charge in [0.15, 0.2) is 9.84 Å². The van der Waals surface area contributed by atoms with E-state index in [0.717, 1.165) is 12.0 Å². The van der Waals surface area contributed by atoms with E-state index in [1.807, 2.05) is 31.2 Å². The van der Waals surface area contributed by atoms with Crippen molar-refractivity contribution in [1.29, 1.82) is 0 Å². The monoisotopic (exact) mass is 304 g/mol. The second kappa shape index (κ2) is 5.32. The lowest BCUT2D eigenvalue weighted by molar-refractivity contribution is 0.586. The number of benzene rings is 1. The fourth-order valence-corrected chi connectivity index (χ4v) is 3.57. The Morgan fingerprint density at radius 2 is 1.75 bits per heavy atom. The van der Waals surface area contributed by atoms with Gasteiger partial charge in [-0.1, -0.05) is 45.8 Å². The molecule has 0 amide bonds. The van der Waals surface area contributed by atoms with E-state index in [4.69, 9.17) is 0 Å². The molecule has 0 aliphatic heterocycles. The molecular weight excluding hydrogens is 288 g/mol. The molecule has 0 saturated heterocycles. The number of halogens is 1. The van der Waals surface area contributed by atoms with E-state index >= 15 is 0 Å². The molecule has 0 radical (unpaired) electrons. The highest BCUT2D eigenvalue weighted by atomic mass is 79.9. The highest BCUT2D eigenvalue weighted by Gasteiger charge is 2.23. The molecule has 0 heterocycles. The zero-order valence-corrected chi connectivity index (χ0v) is 12.2. The molecule has 1 rings (SSSR count). The average molecular weight is 305 g/mol. The van der Waals surface area contributed by atoms with E-state index < -0.39 is 9.84 Å². The van der Waals surface area contributed by atoms with Crippen molar-refractivity contribution in [3.05, 3.63) is 35.4 Å². The average Bonchev–Trinajstić information content (AvgIpc) is 2.19. The number of sulfone groups is 1. The molecule has 2 nitrogen and oxygen atoms in total. The van der Waals surface area contributed by atoms with Gasteiger partial charge in [0.2, 0.25) is 0 Å². The molecule has 0 N–H and O–H groups in total. The molecule has 0 aromatic heterocycles. The predicted molar refractivity (Wildman–Crippen MR) is 71.9 cm³/mol. The molecule has 0 bridgehead atoms. The van der Waals surface area contributed by atoms with Crippen LogP contribution in [0.5, 0.6) is 0 Å². The van der Waals surface area contributed by atoms with Crippen LogP contribution in [0.2, 0.25) is 0 Å². The van der Waals surface area contributed by atoms with E-state index in [2.05, 4.69) is 15.9 Å². The first-order chi connectivity index (χ1) is 7.30. The lowest BCUT2D eigenvalue weighted by atomic mass is 10.1. The predicted octanol–water partition coefficient (Wildman–Crippen LogP) is 2.73. The minimum absolute atomic E-state index is 0.0368. The van der Waals surface area contributed by atoms with Crippen LogP contribution in [0.15, 0.2) is 24.3 Å². The molecule has 16 heavy (non-hydrogen) atoms. The quantitative estimate of drug-likeness (QED) is 0.802. The minimum Gasteiger partial charge on any atom is -0.229 e.